The quantitative estimate of drug-likeness (QED) is 0.794. The highest BCUT2D eigenvalue weighted by molar-refractivity contribution is 5.79. The Morgan fingerprint density at radius 3 is 3.00 bits per heavy atom. The van der Waals surface area contributed by atoms with E-state index >= 15 is 0 Å². The van der Waals surface area contributed by atoms with Gasteiger partial charge in [-0.2, -0.15) is 0 Å². The van der Waals surface area contributed by atoms with Gasteiger partial charge in [-0.1, -0.05) is 12.1 Å². The number of nitrogens with zero attached hydrogens (tertiary/aromatic N) is 4. The van der Waals surface area contributed by atoms with Crippen molar-refractivity contribution < 1.29 is 4.79 Å². The molecule has 1 N–H and O–H groups in total. The van der Waals surface area contributed by atoms with Crippen LogP contribution in [0.15, 0.2) is 55.0 Å². The average Bonchev–Trinajstić information content (AvgIpc) is 3.10. The van der Waals surface area contributed by atoms with Gasteiger partial charge >= 0.3 is 0 Å². The summed E-state index contributed by atoms with van der Waals surface area (Å²) in [5, 5.41) is 3.04. The van der Waals surface area contributed by atoms with E-state index in [0.29, 0.717) is 13.1 Å². The monoisotopic (exact) mass is 335 g/mol. The number of anilines is 1. The van der Waals surface area contributed by atoms with E-state index in [0.717, 1.165) is 36.5 Å². The fourth-order valence-electron chi connectivity index (χ4n) is 3.33. The maximum atomic E-state index is 12.6. The molecule has 1 atom stereocenters. The van der Waals surface area contributed by atoms with Crippen molar-refractivity contribution in [3.05, 3.63) is 60.7 Å². The number of pyridine rings is 2. The highest BCUT2D eigenvalue weighted by atomic mass is 16.1. The summed E-state index contributed by atoms with van der Waals surface area (Å²) in [6, 6.07) is 11.8. The predicted octanol–water partition coefficient (Wildman–Crippen LogP) is 2.26. The first-order chi connectivity index (χ1) is 12.3. The molecule has 1 fully saturated rings. The Morgan fingerprint density at radius 2 is 2.16 bits per heavy atom. The van der Waals surface area contributed by atoms with Crippen LogP contribution in [0.3, 0.4) is 0 Å². The SMILES string of the molecule is O=C(NCc1cn2ccccc2n1)[C@@H]1CCCN(c2ccccn2)C1. The lowest BCUT2D eigenvalue weighted by atomic mass is 9.97. The first-order valence-corrected chi connectivity index (χ1v) is 8.66. The summed E-state index contributed by atoms with van der Waals surface area (Å²) in [5.74, 6) is 1.03. The molecule has 0 unspecified atom stereocenters. The smallest absolute Gasteiger partial charge is 0.225 e. The maximum absolute atomic E-state index is 12.6. The van der Waals surface area contributed by atoms with E-state index in [-0.39, 0.29) is 11.8 Å². The number of carbonyl (C=O) groups is 1. The molecule has 1 amide bonds. The summed E-state index contributed by atoms with van der Waals surface area (Å²) in [6.07, 6.45) is 7.63. The first-order valence-electron chi connectivity index (χ1n) is 8.66. The second kappa shape index (κ2) is 6.93. The molecule has 4 heterocycles. The molecule has 128 valence electrons. The highest BCUT2D eigenvalue weighted by Crippen LogP contribution is 2.21. The number of imidazole rings is 1. The number of aromatic nitrogens is 3. The Labute approximate surface area is 146 Å². The molecule has 6 heteroatoms. The number of nitrogens with one attached hydrogen (secondary N) is 1. The van der Waals surface area contributed by atoms with E-state index in [1.54, 1.807) is 6.20 Å². The number of hydrogen-bond donors (Lipinski definition) is 1. The van der Waals surface area contributed by atoms with E-state index in [4.69, 9.17) is 0 Å². The lowest BCUT2D eigenvalue weighted by Gasteiger charge is -2.32. The summed E-state index contributed by atoms with van der Waals surface area (Å²) in [7, 11) is 0. The van der Waals surface area contributed by atoms with Crippen LogP contribution in [-0.2, 0) is 11.3 Å². The molecule has 0 aliphatic carbocycles. The molecule has 0 bridgehead atoms. The summed E-state index contributed by atoms with van der Waals surface area (Å²) in [5.41, 5.74) is 1.77. The number of fused-ring (bicyclic) bond motifs is 1. The van der Waals surface area contributed by atoms with Gasteiger partial charge in [0.25, 0.3) is 0 Å². The molecular formula is C19H21N5O. The Kier molecular flexibility index (Phi) is 4.33. The molecule has 4 rings (SSSR count). The van der Waals surface area contributed by atoms with Crippen molar-refractivity contribution in [3.8, 4) is 0 Å². The second-order valence-electron chi connectivity index (χ2n) is 6.39. The summed E-state index contributed by atoms with van der Waals surface area (Å²) in [6.45, 7) is 2.13. The molecule has 1 aliphatic rings. The van der Waals surface area contributed by atoms with Gasteiger partial charge in [-0.15, -0.1) is 0 Å². The minimum absolute atomic E-state index is 0.00668. The zero-order valence-electron chi connectivity index (χ0n) is 14.0. The van der Waals surface area contributed by atoms with Crippen molar-refractivity contribution in [1.82, 2.24) is 19.7 Å². The van der Waals surface area contributed by atoms with Crippen molar-refractivity contribution in [3.63, 3.8) is 0 Å². The van der Waals surface area contributed by atoms with Crippen molar-refractivity contribution in [1.29, 1.82) is 0 Å². The third kappa shape index (κ3) is 3.47. The van der Waals surface area contributed by atoms with Crippen molar-refractivity contribution >= 4 is 17.4 Å². The molecular weight excluding hydrogens is 314 g/mol. The van der Waals surface area contributed by atoms with Crippen LogP contribution in [0.4, 0.5) is 5.82 Å². The Morgan fingerprint density at radius 1 is 1.24 bits per heavy atom. The number of amides is 1. The van der Waals surface area contributed by atoms with Crippen LogP contribution in [-0.4, -0.2) is 33.4 Å². The molecule has 6 nitrogen and oxygen atoms in total. The van der Waals surface area contributed by atoms with Crippen LogP contribution in [0, 0.1) is 5.92 Å². The summed E-state index contributed by atoms with van der Waals surface area (Å²) < 4.78 is 1.96. The zero-order chi connectivity index (χ0) is 17.1. The van der Waals surface area contributed by atoms with Crippen LogP contribution in [0.1, 0.15) is 18.5 Å². The fraction of sp³-hybridized carbons (Fsp3) is 0.316. The Bertz CT molecular complexity index is 827. The van der Waals surface area contributed by atoms with Gasteiger partial charge in [0.05, 0.1) is 18.2 Å². The molecule has 0 aromatic carbocycles. The molecule has 0 spiro atoms. The third-order valence-corrected chi connectivity index (χ3v) is 4.62. The molecule has 25 heavy (non-hydrogen) atoms. The van der Waals surface area contributed by atoms with E-state index in [9.17, 15) is 4.79 Å². The molecule has 1 aliphatic heterocycles. The minimum atomic E-state index is -0.00668. The Balaban J connectivity index is 1.37. The third-order valence-electron chi connectivity index (χ3n) is 4.62. The topological polar surface area (TPSA) is 62.5 Å². The number of piperidine rings is 1. The van der Waals surface area contributed by atoms with Gasteiger partial charge in [0.1, 0.15) is 11.5 Å². The van der Waals surface area contributed by atoms with E-state index in [1.165, 1.54) is 0 Å². The van der Waals surface area contributed by atoms with Crippen LogP contribution >= 0.6 is 0 Å². The van der Waals surface area contributed by atoms with Gasteiger partial charge < -0.3 is 14.6 Å². The first kappa shape index (κ1) is 15.6. The number of rotatable bonds is 4. The molecule has 1 saturated heterocycles. The van der Waals surface area contributed by atoms with Crippen molar-refractivity contribution in [2.75, 3.05) is 18.0 Å². The van der Waals surface area contributed by atoms with Crippen molar-refractivity contribution in [2.24, 2.45) is 5.92 Å². The van der Waals surface area contributed by atoms with Crippen molar-refractivity contribution in [2.45, 2.75) is 19.4 Å². The van der Waals surface area contributed by atoms with Crippen LogP contribution < -0.4 is 10.2 Å². The summed E-state index contributed by atoms with van der Waals surface area (Å²) in [4.78, 5) is 23.7. The zero-order valence-corrected chi connectivity index (χ0v) is 14.0. The second-order valence-corrected chi connectivity index (χ2v) is 6.39. The average molecular weight is 335 g/mol. The van der Waals surface area contributed by atoms with Gasteiger partial charge in [-0.3, -0.25) is 4.79 Å². The molecule has 3 aromatic rings. The minimum Gasteiger partial charge on any atom is -0.356 e. The molecule has 0 radical (unpaired) electrons. The maximum Gasteiger partial charge on any atom is 0.225 e. The lowest BCUT2D eigenvalue weighted by Crippen LogP contribution is -2.43. The van der Waals surface area contributed by atoms with Gasteiger partial charge in [-0.05, 0) is 37.1 Å². The summed E-state index contributed by atoms with van der Waals surface area (Å²) >= 11 is 0. The number of carbonyl (C=O) groups excluding carboxylic acids is 1. The van der Waals surface area contributed by atoms with E-state index in [2.05, 4.69) is 20.2 Å². The van der Waals surface area contributed by atoms with E-state index < -0.39 is 0 Å². The van der Waals surface area contributed by atoms with Gasteiger partial charge in [0.15, 0.2) is 0 Å². The standard InChI is InChI=1S/C19H21N5O/c25-19(21-12-16-14-24-10-4-2-8-18(24)22-16)15-6-5-11-23(13-15)17-7-1-3-9-20-17/h1-4,7-10,14-15H,5-6,11-13H2,(H,21,25)/t15-/m1/s1. The molecule has 0 saturated carbocycles. The van der Waals surface area contributed by atoms with Crippen LogP contribution in [0.25, 0.3) is 5.65 Å². The Hall–Kier alpha value is -2.89. The van der Waals surface area contributed by atoms with Gasteiger partial charge in [0, 0.05) is 31.7 Å². The molecule has 3 aromatic heterocycles. The predicted molar refractivity (Wildman–Crippen MR) is 96.2 cm³/mol. The lowest BCUT2D eigenvalue weighted by molar-refractivity contribution is -0.125. The van der Waals surface area contributed by atoms with Gasteiger partial charge in [0.2, 0.25) is 5.91 Å². The fourth-order valence-corrected chi connectivity index (χ4v) is 3.33. The van der Waals surface area contributed by atoms with Crippen LogP contribution in [0.2, 0.25) is 0 Å². The highest BCUT2D eigenvalue weighted by Gasteiger charge is 2.26. The largest absolute Gasteiger partial charge is 0.356 e. The van der Waals surface area contributed by atoms with Crippen LogP contribution in [0.5, 0.6) is 0 Å². The normalized spacial score (nSPS) is 17.6. The van der Waals surface area contributed by atoms with Gasteiger partial charge in [-0.25, -0.2) is 9.97 Å². The number of hydrogen-bond acceptors (Lipinski definition) is 4. The van der Waals surface area contributed by atoms with E-state index in [1.807, 2.05) is 53.2 Å².